The van der Waals surface area contributed by atoms with Gasteiger partial charge in [-0.3, -0.25) is 15.1 Å². The summed E-state index contributed by atoms with van der Waals surface area (Å²) in [7, 11) is 0. The van der Waals surface area contributed by atoms with Gasteiger partial charge in [-0.05, 0) is 25.8 Å². The molecule has 1 heterocycles. The third-order valence-electron chi connectivity index (χ3n) is 3.75. The molecule has 0 bridgehead atoms. The van der Waals surface area contributed by atoms with Gasteiger partial charge >= 0.3 is 0 Å². The standard InChI is InChI=1S/C11H23N3O/c1-4-10-5-6-14(7-10)9(3)8(2)11(15)13-12/h8-10H,4-7,12H2,1-3H3,(H,13,15). The number of nitrogens with one attached hydrogen (secondary N) is 1. The molecule has 1 amide bonds. The van der Waals surface area contributed by atoms with Crippen molar-refractivity contribution in [2.24, 2.45) is 17.7 Å². The van der Waals surface area contributed by atoms with E-state index in [1.54, 1.807) is 0 Å². The summed E-state index contributed by atoms with van der Waals surface area (Å²) in [4.78, 5) is 13.8. The summed E-state index contributed by atoms with van der Waals surface area (Å²) in [5.41, 5.74) is 2.23. The minimum Gasteiger partial charge on any atom is -0.300 e. The monoisotopic (exact) mass is 213 g/mol. The molecular weight excluding hydrogens is 190 g/mol. The molecule has 0 spiro atoms. The smallest absolute Gasteiger partial charge is 0.238 e. The van der Waals surface area contributed by atoms with Crippen LogP contribution in [0, 0.1) is 11.8 Å². The molecule has 88 valence electrons. The van der Waals surface area contributed by atoms with Gasteiger partial charge in [0.25, 0.3) is 0 Å². The maximum Gasteiger partial charge on any atom is 0.238 e. The summed E-state index contributed by atoms with van der Waals surface area (Å²) >= 11 is 0. The molecule has 3 atom stereocenters. The predicted molar refractivity (Wildman–Crippen MR) is 60.9 cm³/mol. The Labute approximate surface area is 92.2 Å². The first-order chi connectivity index (χ1) is 7.10. The fraction of sp³-hybridized carbons (Fsp3) is 0.909. The molecule has 4 heteroatoms. The van der Waals surface area contributed by atoms with Crippen molar-refractivity contribution in [2.45, 2.75) is 39.7 Å². The average molecular weight is 213 g/mol. The maximum absolute atomic E-state index is 11.4. The molecule has 1 rings (SSSR count). The molecule has 0 radical (unpaired) electrons. The van der Waals surface area contributed by atoms with Gasteiger partial charge in [-0.1, -0.05) is 20.3 Å². The second-order valence-electron chi connectivity index (χ2n) is 4.60. The topological polar surface area (TPSA) is 58.4 Å². The lowest BCUT2D eigenvalue weighted by Crippen LogP contribution is -2.45. The van der Waals surface area contributed by atoms with Crippen LogP contribution >= 0.6 is 0 Å². The summed E-state index contributed by atoms with van der Waals surface area (Å²) in [6, 6.07) is 0.282. The molecule has 1 fully saturated rings. The fourth-order valence-corrected chi connectivity index (χ4v) is 2.23. The second-order valence-corrected chi connectivity index (χ2v) is 4.60. The lowest BCUT2D eigenvalue weighted by Gasteiger charge is -2.28. The van der Waals surface area contributed by atoms with Crippen LogP contribution in [0.4, 0.5) is 0 Å². The van der Waals surface area contributed by atoms with Crippen molar-refractivity contribution >= 4 is 5.91 Å². The van der Waals surface area contributed by atoms with E-state index in [2.05, 4.69) is 24.2 Å². The van der Waals surface area contributed by atoms with Crippen LogP contribution in [0.3, 0.4) is 0 Å². The maximum atomic E-state index is 11.4. The third-order valence-corrected chi connectivity index (χ3v) is 3.75. The largest absolute Gasteiger partial charge is 0.300 e. The van der Waals surface area contributed by atoms with Gasteiger partial charge in [0.2, 0.25) is 5.91 Å². The van der Waals surface area contributed by atoms with Crippen molar-refractivity contribution < 1.29 is 4.79 Å². The van der Waals surface area contributed by atoms with Gasteiger partial charge in [0.05, 0.1) is 5.92 Å². The number of hydrazine groups is 1. The summed E-state index contributed by atoms with van der Waals surface area (Å²) in [5.74, 6) is 5.85. The molecule has 1 aliphatic heterocycles. The van der Waals surface area contributed by atoms with E-state index in [4.69, 9.17) is 5.84 Å². The van der Waals surface area contributed by atoms with Crippen LogP contribution in [0.5, 0.6) is 0 Å². The molecule has 0 aromatic rings. The average Bonchev–Trinajstić information content (AvgIpc) is 2.74. The lowest BCUT2D eigenvalue weighted by atomic mass is 10.0. The Bertz CT molecular complexity index is 220. The van der Waals surface area contributed by atoms with E-state index in [-0.39, 0.29) is 17.9 Å². The van der Waals surface area contributed by atoms with Crippen molar-refractivity contribution in [3.05, 3.63) is 0 Å². The Morgan fingerprint density at radius 1 is 1.60 bits per heavy atom. The zero-order chi connectivity index (χ0) is 11.4. The van der Waals surface area contributed by atoms with Gasteiger partial charge in [-0.2, -0.15) is 0 Å². The first kappa shape index (κ1) is 12.5. The number of hydrogen-bond donors (Lipinski definition) is 2. The van der Waals surface area contributed by atoms with E-state index in [0.717, 1.165) is 19.0 Å². The van der Waals surface area contributed by atoms with Gasteiger partial charge < -0.3 is 0 Å². The van der Waals surface area contributed by atoms with Gasteiger partial charge in [0.15, 0.2) is 0 Å². The van der Waals surface area contributed by atoms with E-state index in [0.29, 0.717) is 0 Å². The highest BCUT2D eigenvalue weighted by Crippen LogP contribution is 2.23. The number of carbonyl (C=O) groups excluding carboxylic acids is 1. The van der Waals surface area contributed by atoms with Gasteiger partial charge in [-0.25, -0.2) is 5.84 Å². The zero-order valence-corrected chi connectivity index (χ0v) is 9.99. The first-order valence-electron chi connectivity index (χ1n) is 5.84. The van der Waals surface area contributed by atoms with Crippen molar-refractivity contribution in [3.63, 3.8) is 0 Å². The van der Waals surface area contributed by atoms with E-state index in [1.165, 1.54) is 12.8 Å². The number of likely N-dealkylation sites (tertiary alicyclic amines) is 1. The zero-order valence-electron chi connectivity index (χ0n) is 9.99. The number of nitrogens with two attached hydrogens (primary N) is 1. The number of hydrogen-bond acceptors (Lipinski definition) is 3. The number of nitrogens with zero attached hydrogens (tertiary/aromatic N) is 1. The Kier molecular flexibility index (Phi) is 4.54. The van der Waals surface area contributed by atoms with Crippen LogP contribution in [0.15, 0.2) is 0 Å². The molecule has 0 saturated carbocycles. The molecule has 4 nitrogen and oxygen atoms in total. The predicted octanol–water partition coefficient (Wildman–Crippen LogP) is 0.733. The Hall–Kier alpha value is -0.610. The third kappa shape index (κ3) is 2.92. The van der Waals surface area contributed by atoms with Crippen LogP contribution in [-0.4, -0.2) is 29.9 Å². The van der Waals surface area contributed by atoms with Crippen molar-refractivity contribution in [3.8, 4) is 0 Å². The number of carbonyl (C=O) groups is 1. The summed E-state index contributed by atoms with van der Waals surface area (Å²) in [6.45, 7) is 8.51. The van der Waals surface area contributed by atoms with Crippen molar-refractivity contribution in [2.75, 3.05) is 13.1 Å². The SMILES string of the molecule is CCC1CCN(C(C)C(C)C(=O)NN)C1. The Morgan fingerprint density at radius 2 is 2.27 bits per heavy atom. The summed E-state index contributed by atoms with van der Waals surface area (Å²) in [5, 5.41) is 0. The van der Waals surface area contributed by atoms with Gasteiger partial charge in [0.1, 0.15) is 0 Å². The number of rotatable bonds is 4. The molecule has 0 aromatic heterocycles. The first-order valence-corrected chi connectivity index (χ1v) is 5.84. The molecule has 15 heavy (non-hydrogen) atoms. The lowest BCUT2D eigenvalue weighted by molar-refractivity contribution is -0.126. The fourth-order valence-electron chi connectivity index (χ4n) is 2.23. The van der Waals surface area contributed by atoms with E-state index < -0.39 is 0 Å². The highest BCUT2D eigenvalue weighted by Gasteiger charge is 2.30. The molecular formula is C11H23N3O. The van der Waals surface area contributed by atoms with E-state index >= 15 is 0 Å². The molecule has 1 saturated heterocycles. The van der Waals surface area contributed by atoms with Gasteiger partial charge in [0, 0.05) is 12.6 Å². The van der Waals surface area contributed by atoms with Crippen LogP contribution in [-0.2, 0) is 4.79 Å². The van der Waals surface area contributed by atoms with Crippen molar-refractivity contribution in [1.29, 1.82) is 0 Å². The minimum absolute atomic E-state index is 0.0365. The number of amides is 1. The van der Waals surface area contributed by atoms with E-state index in [1.807, 2.05) is 6.92 Å². The Balaban J connectivity index is 2.47. The molecule has 3 unspecified atom stereocenters. The summed E-state index contributed by atoms with van der Waals surface area (Å²) < 4.78 is 0. The summed E-state index contributed by atoms with van der Waals surface area (Å²) in [6.07, 6.45) is 2.50. The highest BCUT2D eigenvalue weighted by molar-refractivity contribution is 5.78. The molecule has 0 aliphatic carbocycles. The van der Waals surface area contributed by atoms with Crippen molar-refractivity contribution in [1.82, 2.24) is 10.3 Å². The second kappa shape index (κ2) is 5.47. The molecule has 3 N–H and O–H groups in total. The van der Waals surface area contributed by atoms with Crippen LogP contribution in [0.25, 0.3) is 0 Å². The van der Waals surface area contributed by atoms with Gasteiger partial charge in [-0.15, -0.1) is 0 Å². The van der Waals surface area contributed by atoms with Crippen LogP contribution < -0.4 is 11.3 Å². The minimum atomic E-state index is -0.0672. The highest BCUT2D eigenvalue weighted by atomic mass is 16.2. The van der Waals surface area contributed by atoms with Crippen LogP contribution in [0.1, 0.15) is 33.6 Å². The van der Waals surface area contributed by atoms with Crippen LogP contribution in [0.2, 0.25) is 0 Å². The molecule has 0 aromatic carbocycles. The molecule has 1 aliphatic rings. The quantitative estimate of drug-likeness (QED) is 0.411. The Morgan fingerprint density at radius 3 is 2.73 bits per heavy atom. The van der Waals surface area contributed by atoms with E-state index in [9.17, 15) is 4.79 Å². The normalized spacial score (nSPS) is 26.3.